The molecule has 2 aromatic carbocycles. The molecule has 1 aliphatic heterocycles. The molecule has 2 aliphatic rings. The van der Waals surface area contributed by atoms with Gasteiger partial charge in [0.1, 0.15) is 11.5 Å². The maximum Gasteiger partial charge on any atom is 0.144 e. The van der Waals surface area contributed by atoms with Gasteiger partial charge in [0.2, 0.25) is 0 Å². The van der Waals surface area contributed by atoms with Crippen LogP contribution in [-0.2, 0) is 4.79 Å². The predicted octanol–water partition coefficient (Wildman–Crippen LogP) is 5.76. The second-order valence-corrected chi connectivity index (χ2v) is 8.56. The molecule has 0 amide bonds. The van der Waals surface area contributed by atoms with Crippen LogP contribution in [0, 0.1) is 5.92 Å². The van der Waals surface area contributed by atoms with E-state index in [9.17, 15) is 4.79 Å². The number of ketones is 1. The Morgan fingerprint density at radius 1 is 1.03 bits per heavy atom. The van der Waals surface area contributed by atoms with Gasteiger partial charge in [-0.1, -0.05) is 30.3 Å². The van der Waals surface area contributed by atoms with Crippen LogP contribution >= 0.6 is 11.3 Å². The molecule has 0 radical (unpaired) electrons. The normalized spacial score (nSPS) is 23.3. The number of fused-ring (bicyclic) bond motifs is 2. The Balaban J connectivity index is 1.55. The van der Waals surface area contributed by atoms with E-state index in [0.717, 1.165) is 29.3 Å². The predicted molar refractivity (Wildman–Crippen MR) is 118 cm³/mol. The zero-order valence-corrected chi connectivity index (χ0v) is 17.0. The van der Waals surface area contributed by atoms with Gasteiger partial charge in [-0.3, -0.25) is 9.79 Å². The lowest BCUT2D eigenvalue weighted by Gasteiger charge is -2.33. The topological polar surface area (TPSA) is 50.7 Å². The van der Waals surface area contributed by atoms with Crippen LogP contribution in [0.2, 0.25) is 0 Å². The van der Waals surface area contributed by atoms with E-state index in [0.29, 0.717) is 6.42 Å². The number of benzene rings is 2. The van der Waals surface area contributed by atoms with E-state index in [1.54, 1.807) is 18.4 Å². The van der Waals surface area contributed by atoms with E-state index in [-0.39, 0.29) is 23.7 Å². The molecule has 3 aromatic rings. The number of nitrogens with one attached hydrogen (secondary N) is 1. The number of carbonyl (C=O) groups is 1. The summed E-state index contributed by atoms with van der Waals surface area (Å²) in [7, 11) is 1.67. The van der Waals surface area contributed by atoms with Gasteiger partial charge < -0.3 is 10.1 Å². The number of para-hydroxylation sites is 2. The summed E-state index contributed by atoms with van der Waals surface area (Å²) >= 11 is 1.69. The van der Waals surface area contributed by atoms with E-state index in [2.05, 4.69) is 28.9 Å². The van der Waals surface area contributed by atoms with Gasteiger partial charge in [0.05, 0.1) is 30.4 Å². The Bertz CT molecular complexity index is 1060. The minimum Gasteiger partial charge on any atom is -0.497 e. The van der Waals surface area contributed by atoms with E-state index < -0.39 is 0 Å². The quantitative estimate of drug-likeness (QED) is 0.606. The van der Waals surface area contributed by atoms with Gasteiger partial charge in [-0.15, -0.1) is 11.3 Å². The van der Waals surface area contributed by atoms with Crippen molar-refractivity contribution in [2.24, 2.45) is 10.9 Å². The molecule has 1 unspecified atom stereocenters. The number of hydrogen-bond acceptors (Lipinski definition) is 5. The van der Waals surface area contributed by atoms with E-state index in [1.165, 1.54) is 10.4 Å². The van der Waals surface area contributed by atoms with E-state index >= 15 is 0 Å². The molecule has 5 heteroatoms. The molecule has 5 rings (SSSR count). The molecule has 0 spiro atoms. The minimum absolute atomic E-state index is 0.0679. The smallest absolute Gasteiger partial charge is 0.144 e. The molecule has 2 heterocycles. The minimum atomic E-state index is -0.226. The second kappa shape index (κ2) is 7.48. The summed E-state index contributed by atoms with van der Waals surface area (Å²) in [5, 5.41) is 5.69. The summed E-state index contributed by atoms with van der Waals surface area (Å²) in [6, 6.07) is 20.2. The molecule has 3 atom stereocenters. The number of nitrogens with zero attached hydrogens (tertiary/aromatic N) is 1. The van der Waals surface area contributed by atoms with Gasteiger partial charge in [-0.05, 0) is 53.6 Å². The van der Waals surface area contributed by atoms with Crippen molar-refractivity contribution >= 4 is 34.2 Å². The third-order valence-corrected chi connectivity index (χ3v) is 6.81. The van der Waals surface area contributed by atoms with Crippen LogP contribution in [0.1, 0.15) is 35.2 Å². The second-order valence-electron chi connectivity index (χ2n) is 7.58. The van der Waals surface area contributed by atoms with Crippen molar-refractivity contribution in [3.8, 4) is 5.75 Å². The molecule has 1 aliphatic carbocycles. The fourth-order valence-corrected chi connectivity index (χ4v) is 5.23. The number of ether oxygens (including phenoxy) is 1. The molecule has 0 bridgehead atoms. The number of methoxy groups -OCH3 is 1. The Kier molecular flexibility index (Phi) is 4.68. The van der Waals surface area contributed by atoms with Crippen molar-refractivity contribution in [3.05, 3.63) is 76.5 Å². The van der Waals surface area contributed by atoms with Crippen molar-refractivity contribution in [1.82, 2.24) is 0 Å². The van der Waals surface area contributed by atoms with Crippen molar-refractivity contribution in [2.75, 3.05) is 12.4 Å². The van der Waals surface area contributed by atoms with Gasteiger partial charge >= 0.3 is 0 Å². The van der Waals surface area contributed by atoms with E-state index in [4.69, 9.17) is 9.73 Å². The van der Waals surface area contributed by atoms with Crippen molar-refractivity contribution < 1.29 is 9.53 Å². The number of carbonyl (C=O) groups excluding carboxylic acids is 1. The SMILES string of the molecule is COc1ccc([C@H]2CC(=O)C3C(=Nc4ccccc4N[C@@H]3c3cccs3)C2)cc1. The number of thiophene rings is 1. The first-order valence-electron chi connectivity index (χ1n) is 9.86. The number of rotatable bonds is 3. The molecular weight excluding hydrogens is 380 g/mol. The van der Waals surface area contributed by atoms with Gasteiger partial charge in [0.25, 0.3) is 0 Å². The van der Waals surface area contributed by atoms with Crippen LogP contribution in [-0.4, -0.2) is 18.6 Å². The highest BCUT2D eigenvalue weighted by Gasteiger charge is 2.41. The Labute approximate surface area is 174 Å². The zero-order valence-electron chi connectivity index (χ0n) is 16.2. The zero-order chi connectivity index (χ0) is 19.8. The fraction of sp³-hybridized carbons (Fsp3) is 0.250. The highest BCUT2D eigenvalue weighted by atomic mass is 32.1. The summed E-state index contributed by atoms with van der Waals surface area (Å²) in [4.78, 5) is 19.6. The lowest BCUT2D eigenvalue weighted by molar-refractivity contribution is -0.122. The van der Waals surface area contributed by atoms with Crippen LogP contribution in [0.5, 0.6) is 5.75 Å². The van der Waals surface area contributed by atoms with Crippen molar-refractivity contribution in [3.63, 3.8) is 0 Å². The number of aliphatic imine (C=N–C) groups is 1. The average Bonchev–Trinajstić information content (AvgIpc) is 3.22. The van der Waals surface area contributed by atoms with E-state index in [1.807, 2.05) is 42.5 Å². The number of anilines is 1. The first-order chi connectivity index (χ1) is 14.2. The third kappa shape index (κ3) is 3.36. The fourth-order valence-electron chi connectivity index (χ4n) is 4.41. The van der Waals surface area contributed by atoms with Crippen molar-refractivity contribution in [2.45, 2.75) is 24.8 Å². The molecule has 1 fully saturated rings. The summed E-state index contributed by atoms with van der Waals surface area (Å²) < 4.78 is 5.28. The first kappa shape index (κ1) is 18.1. The maximum atomic E-state index is 13.4. The molecule has 29 heavy (non-hydrogen) atoms. The largest absolute Gasteiger partial charge is 0.497 e. The lowest BCUT2D eigenvalue weighted by atomic mass is 9.73. The van der Waals surface area contributed by atoms with Crippen LogP contribution in [0.3, 0.4) is 0 Å². The maximum absolute atomic E-state index is 13.4. The average molecular weight is 403 g/mol. The molecule has 0 saturated heterocycles. The standard InChI is InChI=1S/C24H22N2O2S/c1-28-17-10-8-15(9-11-17)16-13-20-23(21(27)14-16)24(22-7-4-12-29-22)26-19-6-3-2-5-18(19)25-20/h2-12,16,23-24,26H,13-14H2,1H3/t16-,23?,24-/m1/s1. The van der Waals surface area contributed by atoms with Gasteiger partial charge in [-0.2, -0.15) is 0 Å². The van der Waals surface area contributed by atoms with Crippen LogP contribution in [0.25, 0.3) is 0 Å². The summed E-state index contributed by atoms with van der Waals surface area (Å²) in [6.45, 7) is 0. The molecule has 1 N–H and O–H groups in total. The molecule has 1 saturated carbocycles. The van der Waals surface area contributed by atoms with Gasteiger partial charge in [0, 0.05) is 17.0 Å². The van der Waals surface area contributed by atoms with Gasteiger partial charge in [0.15, 0.2) is 0 Å². The summed E-state index contributed by atoms with van der Waals surface area (Å²) in [6.07, 6.45) is 1.33. The van der Waals surface area contributed by atoms with Crippen LogP contribution in [0.15, 0.2) is 71.0 Å². The van der Waals surface area contributed by atoms with Gasteiger partial charge in [-0.25, -0.2) is 0 Å². The molecule has 4 nitrogen and oxygen atoms in total. The number of hydrogen-bond donors (Lipinski definition) is 1. The highest BCUT2D eigenvalue weighted by molar-refractivity contribution is 7.10. The Morgan fingerprint density at radius 2 is 1.86 bits per heavy atom. The first-order valence-corrected chi connectivity index (χ1v) is 10.7. The molecule has 1 aromatic heterocycles. The van der Waals surface area contributed by atoms with Crippen molar-refractivity contribution in [1.29, 1.82) is 0 Å². The monoisotopic (exact) mass is 402 g/mol. The highest BCUT2D eigenvalue weighted by Crippen LogP contribution is 2.44. The Morgan fingerprint density at radius 3 is 2.62 bits per heavy atom. The lowest BCUT2D eigenvalue weighted by Crippen LogP contribution is -2.38. The third-order valence-electron chi connectivity index (χ3n) is 5.86. The summed E-state index contributed by atoms with van der Waals surface area (Å²) in [5.41, 5.74) is 4.05. The Hall–Kier alpha value is -2.92. The summed E-state index contributed by atoms with van der Waals surface area (Å²) in [5.74, 6) is 1.01. The molecular formula is C24H22N2O2S. The van der Waals surface area contributed by atoms with Crippen LogP contribution in [0.4, 0.5) is 11.4 Å². The molecule has 146 valence electrons. The number of Topliss-reactive ketones (excluding diaryl/α,β-unsaturated/α-hetero) is 1. The van der Waals surface area contributed by atoms with Crippen LogP contribution < -0.4 is 10.1 Å².